The SMILES string of the molecule is [NH-]c1ccc(S(=O)(=O)c2ccc([NH-])cc2)cc1. The fraction of sp³-hybridized carbons (Fsp3) is 0. The van der Waals surface area contributed by atoms with Crippen molar-refractivity contribution in [3.8, 4) is 0 Å². The van der Waals surface area contributed by atoms with Crippen LogP contribution in [0.5, 0.6) is 0 Å². The number of nitrogens with one attached hydrogen (secondary N) is 2. The standard InChI is InChI=1S/C12H10N2O2S/c13-9-1-5-11(6-2-9)17(15,16)12-7-3-10(14)4-8-12/h1-8,13-14H/q-2. The van der Waals surface area contributed by atoms with Crippen molar-refractivity contribution in [1.29, 1.82) is 0 Å². The van der Waals surface area contributed by atoms with Crippen molar-refractivity contribution in [2.75, 3.05) is 0 Å². The maximum Gasteiger partial charge on any atom is 0.206 e. The second-order valence-electron chi connectivity index (χ2n) is 3.55. The Morgan fingerprint density at radius 2 is 0.941 bits per heavy atom. The molecule has 0 aromatic heterocycles. The summed E-state index contributed by atoms with van der Waals surface area (Å²) in [6.45, 7) is 0. The Labute approximate surface area is 99.8 Å². The van der Waals surface area contributed by atoms with Crippen LogP contribution in [0, 0.1) is 0 Å². The molecule has 0 fully saturated rings. The first-order valence-electron chi connectivity index (χ1n) is 4.88. The van der Waals surface area contributed by atoms with Gasteiger partial charge in [-0.1, -0.05) is 24.3 Å². The lowest BCUT2D eigenvalue weighted by Gasteiger charge is -2.08. The van der Waals surface area contributed by atoms with Gasteiger partial charge in [0.25, 0.3) is 0 Å². The van der Waals surface area contributed by atoms with Crippen molar-refractivity contribution in [3.05, 3.63) is 60.0 Å². The third-order valence-corrected chi connectivity index (χ3v) is 4.11. The molecule has 0 amide bonds. The molecule has 0 spiro atoms. The quantitative estimate of drug-likeness (QED) is 0.805. The van der Waals surface area contributed by atoms with Crippen LogP contribution in [0.4, 0.5) is 11.4 Å². The van der Waals surface area contributed by atoms with Gasteiger partial charge in [0.05, 0.1) is 9.79 Å². The van der Waals surface area contributed by atoms with Crippen molar-refractivity contribution < 1.29 is 8.42 Å². The van der Waals surface area contributed by atoms with E-state index in [0.29, 0.717) is 0 Å². The molecule has 5 heteroatoms. The number of hydrogen-bond acceptors (Lipinski definition) is 2. The van der Waals surface area contributed by atoms with E-state index in [1.165, 1.54) is 48.5 Å². The largest absolute Gasteiger partial charge is 0.699 e. The van der Waals surface area contributed by atoms with Crippen LogP contribution in [0.25, 0.3) is 11.5 Å². The average molecular weight is 246 g/mol. The summed E-state index contributed by atoms with van der Waals surface area (Å²) in [5.74, 6) is 0. The van der Waals surface area contributed by atoms with E-state index in [1.54, 1.807) is 0 Å². The highest BCUT2D eigenvalue weighted by molar-refractivity contribution is 7.91. The number of hydrogen-bond donors (Lipinski definition) is 0. The Balaban J connectivity index is 2.50. The highest BCUT2D eigenvalue weighted by atomic mass is 32.2. The predicted molar refractivity (Wildman–Crippen MR) is 66.3 cm³/mol. The minimum Gasteiger partial charge on any atom is -0.699 e. The van der Waals surface area contributed by atoms with Gasteiger partial charge in [-0.2, -0.15) is 0 Å². The van der Waals surface area contributed by atoms with Gasteiger partial charge in [0, 0.05) is 0 Å². The molecule has 0 aliphatic rings. The normalized spacial score (nSPS) is 11.3. The van der Waals surface area contributed by atoms with Gasteiger partial charge in [0.15, 0.2) is 0 Å². The third kappa shape index (κ3) is 2.24. The molecule has 17 heavy (non-hydrogen) atoms. The van der Waals surface area contributed by atoms with Gasteiger partial charge >= 0.3 is 0 Å². The van der Waals surface area contributed by atoms with Crippen LogP contribution in [0.15, 0.2) is 58.3 Å². The molecule has 0 bridgehead atoms. The average Bonchev–Trinajstić information content (AvgIpc) is 2.30. The minimum atomic E-state index is -3.54. The Morgan fingerprint density at radius 3 is 1.24 bits per heavy atom. The number of sulfone groups is 1. The molecule has 0 radical (unpaired) electrons. The molecule has 0 atom stereocenters. The smallest absolute Gasteiger partial charge is 0.206 e. The lowest BCUT2D eigenvalue weighted by molar-refractivity contribution is 0.596. The highest BCUT2D eigenvalue weighted by Crippen LogP contribution is 2.24. The van der Waals surface area contributed by atoms with Gasteiger partial charge < -0.3 is 11.5 Å². The fourth-order valence-corrected chi connectivity index (χ4v) is 2.67. The van der Waals surface area contributed by atoms with Crippen molar-refractivity contribution >= 4 is 21.2 Å². The molecule has 88 valence electrons. The minimum absolute atomic E-state index is 0.159. The summed E-state index contributed by atoms with van der Waals surface area (Å²) in [6.07, 6.45) is 0. The predicted octanol–water partition coefficient (Wildman–Crippen LogP) is 3.89. The molecule has 2 aromatic carbocycles. The first-order valence-corrected chi connectivity index (χ1v) is 6.37. The second kappa shape index (κ2) is 4.10. The zero-order valence-electron chi connectivity index (χ0n) is 8.84. The van der Waals surface area contributed by atoms with Gasteiger partial charge in [0.2, 0.25) is 9.84 Å². The van der Waals surface area contributed by atoms with E-state index in [-0.39, 0.29) is 21.2 Å². The molecule has 4 nitrogen and oxygen atoms in total. The van der Waals surface area contributed by atoms with E-state index in [4.69, 9.17) is 11.5 Å². The molecule has 0 aliphatic carbocycles. The van der Waals surface area contributed by atoms with Crippen LogP contribution >= 0.6 is 0 Å². The van der Waals surface area contributed by atoms with Crippen LogP contribution in [0.3, 0.4) is 0 Å². The van der Waals surface area contributed by atoms with E-state index in [0.717, 1.165) is 0 Å². The molecule has 2 aromatic rings. The fourth-order valence-electron chi connectivity index (χ4n) is 1.40. The van der Waals surface area contributed by atoms with E-state index >= 15 is 0 Å². The highest BCUT2D eigenvalue weighted by Gasteiger charge is 2.15. The summed E-state index contributed by atoms with van der Waals surface area (Å²) in [6, 6.07) is 11.4. The van der Waals surface area contributed by atoms with Crippen molar-refractivity contribution in [2.24, 2.45) is 0 Å². The van der Waals surface area contributed by atoms with Crippen LogP contribution < -0.4 is 0 Å². The summed E-state index contributed by atoms with van der Waals surface area (Å²) < 4.78 is 24.3. The van der Waals surface area contributed by atoms with Crippen molar-refractivity contribution in [2.45, 2.75) is 9.79 Å². The van der Waals surface area contributed by atoms with Gasteiger partial charge in [0.1, 0.15) is 0 Å². The molecule has 0 aliphatic heterocycles. The van der Waals surface area contributed by atoms with E-state index in [2.05, 4.69) is 0 Å². The van der Waals surface area contributed by atoms with Crippen molar-refractivity contribution in [3.63, 3.8) is 0 Å². The summed E-state index contributed by atoms with van der Waals surface area (Å²) in [5.41, 5.74) is 15.2. The van der Waals surface area contributed by atoms with Crippen molar-refractivity contribution in [1.82, 2.24) is 0 Å². The Morgan fingerprint density at radius 1 is 0.647 bits per heavy atom. The Kier molecular flexibility index (Phi) is 2.77. The Hall–Kier alpha value is -2.01. The van der Waals surface area contributed by atoms with Gasteiger partial charge in [-0.3, -0.25) is 0 Å². The lowest BCUT2D eigenvalue weighted by atomic mass is 10.3. The maximum absolute atomic E-state index is 12.1. The van der Waals surface area contributed by atoms with E-state index < -0.39 is 9.84 Å². The van der Waals surface area contributed by atoms with Crippen LogP contribution in [-0.2, 0) is 9.84 Å². The molecule has 2 rings (SSSR count). The molecule has 0 heterocycles. The molecule has 0 unspecified atom stereocenters. The molecular weight excluding hydrogens is 236 g/mol. The molecule has 2 N–H and O–H groups in total. The summed E-state index contributed by atoms with van der Waals surface area (Å²) in [4.78, 5) is 0.317. The second-order valence-corrected chi connectivity index (χ2v) is 5.50. The van der Waals surface area contributed by atoms with Crippen LogP contribution in [0.2, 0.25) is 0 Å². The first kappa shape index (κ1) is 11.5. The number of benzene rings is 2. The maximum atomic E-state index is 12.1. The van der Waals surface area contributed by atoms with Gasteiger partial charge in [-0.15, -0.1) is 11.4 Å². The molecule has 0 saturated heterocycles. The van der Waals surface area contributed by atoms with Gasteiger partial charge in [-0.25, -0.2) is 8.42 Å². The Bertz CT molecular complexity index is 565. The summed E-state index contributed by atoms with van der Waals surface area (Å²) in [7, 11) is -3.54. The van der Waals surface area contributed by atoms with Gasteiger partial charge in [-0.05, 0) is 24.3 Å². The third-order valence-electron chi connectivity index (χ3n) is 2.33. The summed E-state index contributed by atoms with van der Waals surface area (Å²) >= 11 is 0. The molecule has 0 saturated carbocycles. The first-order chi connectivity index (χ1) is 8.00. The lowest BCUT2D eigenvalue weighted by Crippen LogP contribution is -2.01. The van der Waals surface area contributed by atoms with E-state index in [9.17, 15) is 8.42 Å². The van der Waals surface area contributed by atoms with E-state index in [1.807, 2.05) is 0 Å². The number of rotatable bonds is 2. The van der Waals surface area contributed by atoms with Crippen LogP contribution in [-0.4, -0.2) is 8.42 Å². The molecular formula is C12H10N2O2S-2. The zero-order chi connectivity index (χ0) is 12.5. The zero-order valence-corrected chi connectivity index (χ0v) is 9.66. The van der Waals surface area contributed by atoms with Crippen LogP contribution in [0.1, 0.15) is 0 Å². The monoisotopic (exact) mass is 246 g/mol. The summed E-state index contributed by atoms with van der Waals surface area (Å²) in [5, 5.41) is 0. The topological polar surface area (TPSA) is 81.7 Å².